The summed E-state index contributed by atoms with van der Waals surface area (Å²) in [7, 11) is 0. The van der Waals surface area contributed by atoms with Gasteiger partial charge >= 0.3 is 0 Å². The van der Waals surface area contributed by atoms with Crippen LogP contribution in [0.3, 0.4) is 0 Å². The fraction of sp³-hybridized carbons (Fsp3) is 0.292. The van der Waals surface area contributed by atoms with Gasteiger partial charge in [0.1, 0.15) is 6.10 Å². The smallest absolute Gasteiger partial charge is 0.257 e. The van der Waals surface area contributed by atoms with E-state index in [0.29, 0.717) is 28.9 Å². The van der Waals surface area contributed by atoms with Crippen molar-refractivity contribution in [1.82, 2.24) is 4.98 Å². The molecular weight excluding hydrogens is 410 g/mol. The summed E-state index contributed by atoms with van der Waals surface area (Å²) >= 11 is 1.38. The third-order valence-corrected chi connectivity index (χ3v) is 5.97. The van der Waals surface area contributed by atoms with Gasteiger partial charge in [-0.1, -0.05) is 44.2 Å². The number of nitrogens with zero attached hydrogens (tertiary/aromatic N) is 1. The first-order valence-corrected chi connectivity index (χ1v) is 11.3. The van der Waals surface area contributed by atoms with Crippen molar-refractivity contribution < 1.29 is 14.3 Å². The summed E-state index contributed by atoms with van der Waals surface area (Å²) in [6, 6.07) is 15.2. The van der Waals surface area contributed by atoms with Gasteiger partial charge in [0.2, 0.25) is 0 Å². The molecule has 1 atom stereocenters. The van der Waals surface area contributed by atoms with E-state index in [1.165, 1.54) is 16.9 Å². The zero-order valence-corrected chi connectivity index (χ0v) is 18.4. The van der Waals surface area contributed by atoms with Crippen molar-refractivity contribution in [2.75, 3.05) is 17.2 Å². The summed E-state index contributed by atoms with van der Waals surface area (Å²) < 4.78 is 5.40. The van der Waals surface area contributed by atoms with Crippen LogP contribution in [0.1, 0.15) is 48.5 Å². The zero-order valence-electron chi connectivity index (χ0n) is 17.6. The van der Waals surface area contributed by atoms with Crippen LogP contribution < -0.4 is 10.6 Å². The van der Waals surface area contributed by atoms with E-state index in [2.05, 4.69) is 53.7 Å². The topological polar surface area (TPSA) is 80.3 Å². The summed E-state index contributed by atoms with van der Waals surface area (Å²) in [5, 5.41) is 8.13. The zero-order chi connectivity index (χ0) is 21.8. The highest BCUT2D eigenvalue weighted by Gasteiger charge is 2.23. The quantitative estimate of drug-likeness (QED) is 0.550. The van der Waals surface area contributed by atoms with Gasteiger partial charge in [-0.05, 0) is 42.5 Å². The molecule has 1 aliphatic heterocycles. The monoisotopic (exact) mass is 435 g/mol. The molecule has 3 aromatic rings. The van der Waals surface area contributed by atoms with Gasteiger partial charge in [0.05, 0.1) is 5.69 Å². The van der Waals surface area contributed by atoms with E-state index in [1.54, 1.807) is 24.3 Å². The number of nitrogens with one attached hydrogen (secondary N) is 2. The van der Waals surface area contributed by atoms with Crippen LogP contribution in [-0.2, 0) is 9.53 Å². The van der Waals surface area contributed by atoms with Gasteiger partial charge in [-0.2, -0.15) is 0 Å². The molecule has 1 fully saturated rings. The Morgan fingerprint density at radius 3 is 2.65 bits per heavy atom. The van der Waals surface area contributed by atoms with Crippen molar-refractivity contribution in [3.05, 3.63) is 65.0 Å². The molecule has 2 amide bonds. The average Bonchev–Trinajstić information content (AvgIpc) is 3.46. The second-order valence-electron chi connectivity index (χ2n) is 7.84. The van der Waals surface area contributed by atoms with Crippen LogP contribution in [0.15, 0.2) is 53.9 Å². The number of carbonyl (C=O) groups excluding carboxylic acids is 2. The Bertz CT molecular complexity index is 1070. The molecule has 2 aromatic carbocycles. The minimum atomic E-state index is -0.416. The van der Waals surface area contributed by atoms with Crippen LogP contribution in [0.2, 0.25) is 0 Å². The molecule has 1 aliphatic rings. The van der Waals surface area contributed by atoms with Crippen molar-refractivity contribution in [2.45, 2.75) is 38.7 Å². The second-order valence-corrected chi connectivity index (χ2v) is 8.70. The third-order valence-electron chi connectivity index (χ3n) is 5.21. The molecule has 2 heterocycles. The van der Waals surface area contributed by atoms with Crippen LogP contribution >= 0.6 is 11.3 Å². The lowest BCUT2D eigenvalue weighted by atomic mass is 10.0. The van der Waals surface area contributed by atoms with Gasteiger partial charge in [-0.3, -0.25) is 14.9 Å². The Kier molecular flexibility index (Phi) is 6.44. The highest BCUT2D eigenvalue weighted by Crippen LogP contribution is 2.27. The molecule has 6 nitrogen and oxygen atoms in total. The Morgan fingerprint density at radius 1 is 1.13 bits per heavy atom. The van der Waals surface area contributed by atoms with Gasteiger partial charge in [0.25, 0.3) is 11.8 Å². The van der Waals surface area contributed by atoms with E-state index < -0.39 is 6.10 Å². The maximum Gasteiger partial charge on any atom is 0.257 e. The fourth-order valence-corrected chi connectivity index (χ4v) is 4.13. The Morgan fingerprint density at radius 2 is 1.94 bits per heavy atom. The molecule has 0 aliphatic carbocycles. The van der Waals surface area contributed by atoms with Crippen LogP contribution in [0.5, 0.6) is 0 Å². The molecular formula is C24H25N3O3S. The Balaban J connectivity index is 1.41. The highest BCUT2D eigenvalue weighted by molar-refractivity contribution is 7.14. The Labute approximate surface area is 185 Å². The molecule has 1 aromatic heterocycles. The minimum absolute atomic E-state index is 0.178. The van der Waals surface area contributed by atoms with E-state index in [0.717, 1.165) is 24.1 Å². The van der Waals surface area contributed by atoms with Gasteiger partial charge in [0, 0.05) is 28.8 Å². The van der Waals surface area contributed by atoms with Gasteiger partial charge < -0.3 is 10.1 Å². The van der Waals surface area contributed by atoms with Crippen molar-refractivity contribution >= 4 is 34.0 Å². The van der Waals surface area contributed by atoms with Crippen LogP contribution in [0, 0.1) is 0 Å². The Hall–Kier alpha value is -3.03. The van der Waals surface area contributed by atoms with Crippen molar-refractivity contribution in [3.8, 4) is 11.3 Å². The lowest BCUT2D eigenvalue weighted by Gasteiger charge is -2.11. The summed E-state index contributed by atoms with van der Waals surface area (Å²) in [6.07, 6.45) is 1.19. The lowest BCUT2D eigenvalue weighted by Crippen LogP contribution is -2.27. The van der Waals surface area contributed by atoms with Gasteiger partial charge in [-0.15, -0.1) is 11.3 Å². The van der Waals surface area contributed by atoms with Crippen LogP contribution in [0.4, 0.5) is 10.8 Å². The molecule has 4 rings (SSSR count). The van der Waals surface area contributed by atoms with Crippen molar-refractivity contribution in [1.29, 1.82) is 0 Å². The summed E-state index contributed by atoms with van der Waals surface area (Å²) in [6.45, 7) is 4.93. The van der Waals surface area contributed by atoms with Crippen molar-refractivity contribution in [3.63, 3.8) is 0 Å². The number of anilines is 2. The normalized spacial score (nSPS) is 15.8. The number of aromatic nitrogens is 1. The SMILES string of the molecule is CC(C)c1ccc(-c2csc(NC(=O)c3cccc(NC(=O)[C@@H]4CCCO4)c3)n2)cc1. The molecule has 2 N–H and O–H groups in total. The summed E-state index contributed by atoms with van der Waals surface area (Å²) in [5.41, 5.74) is 4.13. The largest absolute Gasteiger partial charge is 0.368 e. The standard InChI is InChI=1S/C24H25N3O3S/c1-15(2)16-8-10-17(11-9-16)20-14-31-24(26-20)27-22(28)18-5-3-6-19(13-18)25-23(29)21-7-4-12-30-21/h3,5-6,8-11,13-15,21H,4,7,12H2,1-2H3,(H,25,29)(H,26,27,28)/t21-/m0/s1. The van der Waals surface area contributed by atoms with Crippen LogP contribution in [0.25, 0.3) is 11.3 Å². The number of hydrogen-bond acceptors (Lipinski definition) is 5. The predicted molar refractivity (Wildman–Crippen MR) is 124 cm³/mol. The fourth-order valence-electron chi connectivity index (χ4n) is 3.42. The lowest BCUT2D eigenvalue weighted by molar-refractivity contribution is -0.124. The number of hydrogen-bond donors (Lipinski definition) is 2. The highest BCUT2D eigenvalue weighted by atomic mass is 32.1. The first-order chi connectivity index (χ1) is 15.0. The van der Waals surface area contributed by atoms with E-state index in [1.807, 2.05) is 5.38 Å². The third kappa shape index (κ3) is 5.18. The molecule has 0 saturated carbocycles. The molecule has 0 spiro atoms. The molecule has 7 heteroatoms. The summed E-state index contributed by atoms with van der Waals surface area (Å²) in [5.74, 6) is 0.0259. The minimum Gasteiger partial charge on any atom is -0.368 e. The predicted octanol–water partition coefficient (Wildman–Crippen LogP) is 5.30. The maximum absolute atomic E-state index is 12.7. The number of benzene rings is 2. The number of amides is 2. The van der Waals surface area contributed by atoms with Gasteiger partial charge in [0.15, 0.2) is 5.13 Å². The van der Waals surface area contributed by atoms with Crippen LogP contribution in [-0.4, -0.2) is 29.5 Å². The molecule has 160 valence electrons. The first kappa shape index (κ1) is 21.2. The number of rotatable bonds is 6. The number of carbonyl (C=O) groups is 2. The molecule has 0 unspecified atom stereocenters. The molecule has 0 radical (unpaired) electrons. The van der Waals surface area contributed by atoms with E-state index >= 15 is 0 Å². The number of ether oxygens (including phenoxy) is 1. The summed E-state index contributed by atoms with van der Waals surface area (Å²) in [4.78, 5) is 29.5. The van der Waals surface area contributed by atoms with Crippen molar-refractivity contribution in [2.24, 2.45) is 0 Å². The molecule has 1 saturated heterocycles. The molecule has 31 heavy (non-hydrogen) atoms. The maximum atomic E-state index is 12.7. The van der Waals surface area contributed by atoms with E-state index in [-0.39, 0.29) is 11.8 Å². The number of thiazole rings is 1. The van der Waals surface area contributed by atoms with E-state index in [4.69, 9.17) is 4.74 Å². The second kappa shape index (κ2) is 9.41. The van der Waals surface area contributed by atoms with Gasteiger partial charge in [-0.25, -0.2) is 4.98 Å². The average molecular weight is 436 g/mol. The molecule has 0 bridgehead atoms. The van der Waals surface area contributed by atoms with E-state index in [9.17, 15) is 9.59 Å². The first-order valence-electron chi connectivity index (χ1n) is 10.4.